The van der Waals surface area contributed by atoms with E-state index in [0.717, 1.165) is 126 Å². The van der Waals surface area contributed by atoms with Gasteiger partial charge in [0.2, 0.25) is 0 Å². The normalized spacial score (nSPS) is 10.9. The Morgan fingerprint density at radius 1 is 0.236 bits per heavy atom. The molecule has 0 fully saturated rings. The number of benzene rings is 12. The van der Waals surface area contributed by atoms with Crippen molar-refractivity contribution in [1.82, 2.24) is 19.9 Å². The third kappa shape index (κ3) is 14.9. The summed E-state index contributed by atoms with van der Waals surface area (Å²) >= 11 is 14.0. The molecule has 0 amide bonds. The van der Waals surface area contributed by atoms with Crippen LogP contribution in [0.3, 0.4) is 0 Å². The number of anilines is 6. The van der Waals surface area contributed by atoms with Gasteiger partial charge in [0.05, 0.1) is 44.8 Å². The maximum atomic E-state index is 5.07. The van der Waals surface area contributed by atoms with Crippen molar-refractivity contribution < 1.29 is 0 Å². The molecule has 12 aromatic carbocycles. The number of aryl methyl sites for hydroxylation is 2. The second kappa shape index (κ2) is 28.3. The lowest BCUT2D eigenvalue weighted by Gasteiger charge is -2.25. The molecule has 0 saturated heterocycles. The maximum Gasteiger partial charge on any atom is 0.0973 e. The highest BCUT2D eigenvalue weighted by atomic mass is 79.9. The predicted molar refractivity (Wildman–Crippen MR) is 386 cm³/mol. The molecule has 0 saturated carbocycles. The van der Waals surface area contributed by atoms with Gasteiger partial charge in [0, 0.05) is 74.3 Å². The quantitative estimate of drug-likeness (QED) is 0.121. The van der Waals surface area contributed by atoms with Crippen LogP contribution >= 0.6 is 63.7 Å². The summed E-state index contributed by atoms with van der Waals surface area (Å²) in [5, 5.41) is 0. The minimum absolute atomic E-state index is 0.852. The molecule has 0 aliphatic heterocycles. The number of fused-ring (bicyclic) bond motifs is 2. The SMILES string of the molecule is Brc1ccc(-c2nc3ccccc3nc2-c2ccc(Br)cc2)cc1.Brc1ccc(N(c2ccccc2)c2ccc(Br)cc2)cc1.Cc1ccc(-c2nc3ccccc3nc2-c2ccc(Cc3ccc(N(c4ccccc4)c4ccc(C)cc4)cc3)cc2)cc1. The van der Waals surface area contributed by atoms with Crippen LogP contribution in [0, 0.1) is 13.8 Å². The zero-order valence-electron chi connectivity index (χ0n) is 48.8. The van der Waals surface area contributed by atoms with E-state index in [0.29, 0.717) is 0 Å². The first-order valence-corrected chi connectivity index (χ1v) is 32.3. The van der Waals surface area contributed by atoms with Crippen LogP contribution in [-0.2, 0) is 6.42 Å². The van der Waals surface area contributed by atoms with E-state index in [4.69, 9.17) is 19.9 Å². The molecule has 0 aliphatic carbocycles. The van der Waals surface area contributed by atoms with Gasteiger partial charge in [0.25, 0.3) is 0 Å². The largest absolute Gasteiger partial charge is 0.311 e. The van der Waals surface area contributed by atoms with Gasteiger partial charge in [-0.25, -0.2) is 19.9 Å². The summed E-state index contributed by atoms with van der Waals surface area (Å²) in [5.74, 6) is 0. The van der Waals surface area contributed by atoms with Gasteiger partial charge in [-0.1, -0.05) is 233 Å². The van der Waals surface area contributed by atoms with Crippen molar-refractivity contribution in [1.29, 1.82) is 0 Å². The minimum atomic E-state index is 0.852. The molecule has 2 aromatic heterocycles. The Morgan fingerprint density at radius 2 is 0.449 bits per heavy atom. The van der Waals surface area contributed by atoms with Crippen LogP contribution in [0.2, 0.25) is 0 Å². The van der Waals surface area contributed by atoms with Gasteiger partial charge in [-0.15, -0.1) is 0 Å². The van der Waals surface area contributed by atoms with E-state index in [9.17, 15) is 0 Å². The van der Waals surface area contributed by atoms with Gasteiger partial charge < -0.3 is 9.80 Å². The van der Waals surface area contributed by atoms with Gasteiger partial charge in [0.1, 0.15) is 0 Å². The summed E-state index contributed by atoms with van der Waals surface area (Å²) in [6.45, 7) is 4.22. The summed E-state index contributed by atoms with van der Waals surface area (Å²) in [6, 6.07) is 105. The van der Waals surface area contributed by atoms with E-state index >= 15 is 0 Å². The molecule has 0 unspecified atom stereocenters. The average Bonchev–Trinajstić information content (AvgIpc) is 3.77. The molecule has 0 aliphatic rings. The lowest BCUT2D eigenvalue weighted by atomic mass is 9.99. The molecular formula is C79H58Br4N6. The first kappa shape index (κ1) is 60.1. The fourth-order valence-electron chi connectivity index (χ4n) is 10.4. The summed E-state index contributed by atoms with van der Waals surface area (Å²) in [4.78, 5) is 24.4. The van der Waals surface area contributed by atoms with Crippen molar-refractivity contribution in [2.75, 3.05) is 9.80 Å². The Morgan fingerprint density at radius 3 is 0.764 bits per heavy atom. The van der Waals surface area contributed by atoms with E-state index in [1.807, 2.05) is 78.9 Å². The highest BCUT2D eigenvalue weighted by Gasteiger charge is 2.17. The zero-order valence-corrected chi connectivity index (χ0v) is 55.1. The molecule has 10 heteroatoms. The Bertz CT molecular complexity index is 4500. The minimum Gasteiger partial charge on any atom is -0.311 e. The number of hydrogen-bond donors (Lipinski definition) is 0. The van der Waals surface area contributed by atoms with Crippen LogP contribution < -0.4 is 9.80 Å². The number of para-hydroxylation sites is 6. The summed E-state index contributed by atoms with van der Waals surface area (Å²) in [7, 11) is 0. The second-order valence-electron chi connectivity index (χ2n) is 21.4. The molecule has 0 N–H and O–H groups in total. The van der Waals surface area contributed by atoms with E-state index in [-0.39, 0.29) is 0 Å². The average molecular weight is 1410 g/mol. The molecule has 0 bridgehead atoms. The Labute approximate surface area is 553 Å². The number of aromatic nitrogens is 4. The maximum absolute atomic E-state index is 5.07. The number of rotatable bonds is 12. The van der Waals surface area contributed by atoms with Gasteiger partial charge in [-0.2, -0.15) is 0 Å². The zero-order chi connectivity index (χ0) is 61.1. The van der Waals surface area contributed by atoms with E-state index < -0.39 is 0 Å². The van der Waals surface area contributed by atoms with Gasteiger partial charge in [-0.3, -0.25) is 0 Å². The van der Waals surface area contributed by atoms with E-state index in [1.54, 1.807) is 0 Å². The van der Waals surface area contributed by atoms with Gasteiger partial charge in [0.15, 0.2) is 0 Å². The molecular weight excluding hydrogens is 1350 g/mol. The van der Waals surface area contributed by atoms with Crippen LogP contribution in [0.4, 0.5) is 34.1 Å². The molecule has 2 heterocycles. The Balaban J connectivity index is 0.000000143. The van der Waals surface area contributed by atoms with Crippen molar-refractivity contribution in [2.45, 2.75) is 20.3 Å². The van der Waals surface area contributed by atoms with Gasteiger partial charge >= 0.3 is 0 Å². The van der Waals surface area contributed by atoms with E-state index in [2.05, 4.69) is 312 Å². The smallest absolute Gasteiger partial charge is 0.0973 e. The first-order valence-electron chi connectivity index (χ1n) is 29.1. The molecule has 432 valence electrons. The number of halogens is 4. The van der Waals surface area contributed by atoms with Crippen molar-refractivity contribution in [2.24, 2.45) is 0 Å². The molecule has 14 rings (SSSR count). The van der Waals surface area contributed by atoms with Crippen molar-refractivity contribution >= 4 is 120 Å². The van der Waals surface area contributed by atoms with Crippen molar-refractivity contribution in [3.8, 4) is 45.0 Å². The second-order valence-corrected chi connectivity index (χ2v) is 25.0. The van der Waals surface area contributed by atoms with E-state index in [1.165, 1.54) is 22.3 Å². The lowest BCUT2D eigenvalue weighted by molar-refractivity contribution is 1.18. The fraction of sp³-hybridized carbons (Fsp3) is 0.0380. The van der Waals surface area contributed by atoms with Crippen molar-refractivity contribution in [3.05, 3.63) is 343 Å². The van der Waals surface area contributed by atoms with Crippen LogP contribution in [0.15, 0.2) is 321 Å². The third-order valence-electron chi connectivity index (χ3n) is 15.0. The highest BCUT2D eigenvalue weighted by molar-refractivity contribution is 9.11. The summed E-state index contributed by atoms with van der Waals surface area (Å²) < 4.78 is 4.25. The Kier molecular flexibility index (Phi) is 19.1. The highest BCUT2D eigenvalue weighted by Crippen LogP contribution is 2.39. The number of hydrogen-bond acceptors (Lipinski definition) is 6. The van der Waals surface area contributed by atoms with Crippen molar-refractivity contribution in [3.63, 3.8) is 0 Å². The molecule has 14 aromatic rings. The monoisotopic (exact) mass is 1410 g/mol. The number of nitrogens with zero attached hydrogens (tertiary/aromatic N) is 6. The first-order chi connectivity index (χ1) is 43.5. The third-order valence-corrected chi connectivity index (χ3v) is 17.1. The topological polar surface area (TPSA) is 58.0 Å². The Hall–Kier alpha value is -9.16. The molecule has 6 nitrogen and oxygen atoms in total. The molecule has 0 atom stereocenters. The molecule has 0 spiro atoms. The summed E-state index contributed by atoms with van der Waals surface area (Å²) in [5.41, 5.74) is 23.3. The summed E-state index contributed by atoms with van der Waals surface area (Å²) in [6.07, 6.45) is 0.852. The van der Waals surface area contributed by atoms with Crippen LogP contribution in [-0.4, -0.2) is 19.9 Å². The lowest BCUT2D eigenvalue weighted by Crippen LogP contribution is -2.09. The fourth-order valence-corrected chi connectivity index (χ4v) is 11.5. The predicted octanol–water partition coefficient (Wildman–Crippen LogP) is 23.8. The standard InChI is InChI=1S/C41H33N3.C20H12Br2N2.C18H13Br2N/c1-29-12-20-33(21-13-29)40-41(43-39-11-7-6-10-38(39)42-40)34-22-16-31(17-23-34)28-32-18-26-37(27-19-32)44(35-8-4-3-5-9-35)36-24-14-30(2)15-25-36;21-15-9-5-13(6-10-15)19-20(14-7-11-16(22)12-8-14)24-18-4-2-1-3-17(18)23-19;19-14-6-10-17(11-7-14)21(16-4-2-1-3-5-16)18-12-8-15(20)9-13-18/h3-27H,28H2,1-2H3;1-12H;1-13H. The molecule has 89 heavy (non-hydrogen) atoms. The van der Waals surface area contributed by atoms with Crippen LogP contribution in [0.1, 0.15) is 22.3 Å². The van der Waals surface area contributed by atoms with Gasteiger partial charge in [-0.05, 0) is 177 Å². The van der Waals surface area contributed by atoms with Crippen LogP contribution in [0.5, 0.6) is 0 Å². The van der Waals surface area contributed by atoms with Crippen LogP contribution in [0.25, 0.3) is 67.1 Å². The molecule has 0 radical (unpaired) electrons.